The number of aliphatic hydroxyl groups excluding tert-OH is 1. The minimum Gasteiger partial charge on any atom is -0.394 e. The summed E-state index contributed by atoms with van der Waals surface area (Å²) in [7, 11) is 1.71. The van der Waals surface area contributed by atoms with Gasteiger partial charge in [-0.05, 0) is 38.1 Å². The smallest absolute Gasteiger partial charge is 0.317 e. The Morgan fingerprint density at radius 3 is 2.55 bits per heavy atom. The normalized spacial score (nSPS) is 25.2. The van der Waals surface area contributed by atoms with Crippen LogP contribution in [0.3, 0.4) is 0 Å². The molecule has 1 saturated heterocycles. The molecule has 1 aliphatic heterocycles. The summed E-state index contributed by atoms with van der Waals surface area (Å²) in [4.78, 5) is 15.8. The molecule has 1 heterocycles. The van der Waals surface area contributed by atoms with Crippen molar-refractivity contribution >= 4 is 6.03 Å². The Bertz CT molecular complexity index is 289. The van der Waals surface area contributed by atoms with Crippen molar-refractivity contribution in [3.8, 4) is 0 Å². The van der Waals surface area contributed by atoms with Gasteiger partial charge in [0.2, 0.25) is 0 Å². The summed E-state index contributed by atoms with van der Waals surface area (Å²) in [6, 6.07) is -0.245. The second-order valence-corrected chi connectivity index (χ2v) is 6.43. The molecule has 3 unspecified atom stereocenters. The largest absolute Gasteiger partial charge is 0.394 e. The molecular weight excluding hydrogens is 254 g/mol. The number of amides is 2. The van der Waals surface area contributed by atoms with E-state index in [-0.39, 0.29) is 18.7 Å². The maximum Gasteiger partial charge on any atom is 0.317 e. The molecule has 0 aliphatic carbocycles. The van der Waals surface area contributed by atoms with E-state index in [4.69, 9.17) is 5.11 Å². The molecule has 0 saturated carbocycles. The molecule has 1 rings (SSSR count). The van der Waals surface area contributed by atoms with Crippen molar-refractivity contribution in [1.82, 2.24) is 15.1 Å². The van der Waals surface area contributed by atoms with Gasteiger partial charge < -0.3 is 20.2 Å². The lowest BCUT2D eigenvalue weighted by molar-refractivity contribution is 0.138. The molecule has 1 aliphatic rings. The molecular formula is C15H31N3O2. The number of carbonyl (C=O) groups is 1. The van der Waals surface area contributed by atoms with E-state index in [0.29, 0.717) is 6.54 Å². The third-order valence-corrected chi connectivity index (χ3v) is 4.12. The molecule has 0 aromatic carbocycles. The number of carbonyl (C=O) groups excluding carboxylic acids is 1. The van der Waals surface area contributed by atoms with Crippen LogP contribution in [0.5, 0.6) is 0 Å². The fourth-order valence-electron chi connectivity index (χ4n) is 2.92. The van der Waals surface area contributed by atoms with Crippen LogP contribution in [-0.2, 0) is 0 Å². The van der Waals surface area contributed by atoms with Crippen LogP contribution in [-0.4, -0.2) is 66.8 Å². The van der Waals surface area contributed by atoms with Crippen LogP contribution >= 0.6 is 0 Å². The summed E-state index contributed by atoms with van der Waals surface area (Å²) in [5.41, 5.74) is 0. The lowest BCUT2D eigenvalue weighted by atomic mass is 9.92. The fourth-order valence-corrected chi connectivity index (χ4v) is 2.92. The second-order valence-electron chi connectivity index (χ2n) is 6.43. The van der Waals surface area contributed by atoms with Gasteiger partial charge >= 0.3 is 6.03 Å². The Balaban J connectivity index is 2.17. The van der Waals surface area contributed by atoms with Gasteiger partial charge in [0.05, 0.1) is 12.6 Å². The summed E-state index contributed by atoms with van der Waals surface area (Å²) in [5, 5.41) is 11.9. The van der Waals surface area contributed by atoms with E-state index in [9.17, 15) is 4.79 Å². The minimum atomic E-state index is -0.140. The molecule has 2 N–H and O–H groups in total. The topological polar surface area (TPSA) is 55.8 Å². The van der Waals surface area contributed by atoms with E-state index >= 15 is 0 Å². The summed E-state index contributed by atoms with van der Waals surface area (Å²) in [6.07, 6.45) is 2.31. The van der Waals surface area contributed by atoms with Crippen LogP contribution in [0.4, 0.5) is 4.79 Å². The van der Waals surface area contributed by atoms with Gasteiger partial charge in [-0.25, -0.2) is 4.79 Å². The lowest BCUT2D eigenvalue weighted by Crippen LogP contribution is -2.45. The van der Waals surface area contributed by atoms with E-state index in [1.807, 2.05) is 6.92 Å². The number of hydrogen-bond donors (Lipinski definition) is 2. The molecule has 5 heteroatoms. The molecule has 0 spiro atoms. The van der Waals surface area contributed by atoms with Crippen LogP contribution in [0, 0.1) is 11.8 Å². The van der Waals surface area contributed by atoms with Crippen molar-refractivity contribution in [3.63, 3.8) is 0 Å². The molecule has 0 bridgehead atoms. The zero-order valence-electron chi connectivity index (χ0n) is 13.4. The number of aliphatic hydroxyl groups is 1. The first kappa shape index (κ1) is 17.2. The van der Waals surface area contributed by atoms with Crippen molar-refractivity contribution in [3.05, 3.63) is 0 Å². The molecule has 0 radical (unpaired) electrons. The molecule has 5 nitrogen and oxygen atoms in total. The van der Waals surface area contributed by atoms with E-state index < -0.39 is 0 Å². The van der Waals surface area contributed by atoms with Gasteiger partial charge in [0, 0.05) is 26.7 Å². The number of urea groups is 1. The Hall–Kier alpha value is -0.810. The number of rotatable bonds is 6. The lowest BCUT2D eigenvalue weighted by Gasteiger charge is -2.35. The van der Waals surface area contributed by atoms with Crippen molar-refractivity contribution in [1.29, 1.82) is 0 Å². The van der Waals surface area contributed by atoms with Gasteiger partial charge in [0.25, 0.3) is 0 Å². The van der Waals surface area contributed by atoms with Crippen molar-refractivity contribution in [2.45, 2.75) is 39.7 Å². The number of likely N-dealkylation sites (tertiary alicyclic amines) is 1. The van der Waals surface area contributed by atoms with Gasteiger partial charge in [-0.1, -0.05) is 13.8 Å². The van der Waals surface area contributed by atoms with Gasteiger partial charge in [-0.3, -0.25) is 0 Å². The van der Waals surface area contributed by atoms with Gasteiger partial charge in [0.1, 0.15) is 0 Å². The first-order valence-corrected chi connectivity index (χ1v) is 7.77. The summed E-state index contributed by atoms with van der Waals surface area (Å²) in [6.45, 7) is 10.6. The third-order valence-electron chi connectivity index (χ3n) is 4.12. The molecule has 2 amide bonds. The fraction of sp³-hybridized carbons (Fsp3) is 0.933. The van der Waals surface area contributed by atoms with E-state index in [1.54, 1.807) is 11.9 Å². The quantitative estimate of drug-likeness (QED) is 0.725. The average Bonchev–Trinajstić information content (AvgIpc) is 2.40. The van der Waals surface area contributed by atoms with Crippen LogP contribution in [0.1, 0.15) is 33.6 Å². The van der Waals surface area contributed by atoms with Crippen molar-refractivity contribution < 1.29 is 9.90 Å². The summed E-state index contributed by atoms with van der Waals surface area (Å²) < 4.78 is 0. The average molecular weight is 285 g/mol. The zero-order chi connectivity index (χ0) is 15.1. The zero-order valence-corrected chi connectivity index (χ0v) is 13.4. The highest BCUT2D eigenvalue weighted by atomic mass is 16.3. The molecule has 20 heavy (non-hydrogen) atoms. The molecule has 0 aromatic rings. The first-order valence-electron chi connectivity index (χ1n) is 7.77. The molecule has 118 valence electrons. The Morgan fingerprint density at radius 2 is 2.00 bits per heavy atom. The number of nitrogens with zero attached hydrogens (tertiary/aromatic N) is 2. The minimum absolute atomic E-state index is 0.00647. The summed E-state index contributed by atoms with van der Waals surface area (Å²) >= 11 is 0. The number of likely N-dealkylation sites (N-methyl/N-ethyl adjacent to an activating group) is 1. The van der Waals surface area contributed by atoms with Gasteiger partial charge in [-0.2, -0.15) is 0 Å². The predicted octanol–water partition coefficient (Wildman–Crippen LogP) is 1.38. The second kappa shape index (κ2) is 8.47. The monoisotopic (exact) mass is 285 g/mol. The molecule has 1 fully saturated rings. The number of hydrogen-bond acceptors (Lipinski definition) is 3. The third kappa shape index (κ3) is 5.67. The molecule has 3 atom stereocenters. The highest BCUT2D eigenvalue weighted by Crippen LogP contribution is 2.20. The SMILES string of the molecule is CC1CC(C)CN(CCCNC(=O)N(C)C(C)CO)C1. The highest BCUT2D eigenvalue weighted by molar-refractivity contribution is 5.74. The van der Waals surface area contributed by atoms with Gasteiger partial charge in [-0.15, -0.1) is 0 Å². The van der Waals surface area contributed by atoms with E-state index in [1.165, 1.54) is 19.5 Å². The Labute approximate surface area is 123 Å². The summed E-state index contributed by atoms with van der Waals surface area (Å²) in [5.74, 6) is 1.56. The van der Waals surface area contributed by atoms with Crippen LogP contribution in [0.25, 0.3) is 0 Å². The number of nitrogens with one attached hydrogen (secondary N) is 1. The maximum absolute atomic E-state index is 11.8. The number of piperidine rings is 1. The van der Waals surface area contributed by atoms with E-state index in [2.05, 4.69) is 24.1 Å². The van der Waals surface area contributed by atoms with E-state index in [0.717, 1.165) is 24.8 Å². The Morgan fingerprint density at radius 1 is 1.40 bits per heavy atom. The first-order chi connectivity index (χ1) is 9.43. The van der Waals surface area contributed by atoms with Crippen LogP contribution < -0.4 is 5.32 Å². The standard InChI is InChI=1S/C15H31N3O2/c1-12-8-13(2)10-18(9-12)7-5-6-16-15(20)17(4)14(3)11-19/h12-14,19H,5-11H2,1-4H3,(H,16,20). The van der Waals surface area contributed by atoms with Crippen molar-refractivity contribution in [2.75, 3.05) is 39.8 Å². The van der Waals surface area contributed by atoms with Crippen LogP contribution in [0.2, 0.25) is 0 Å². The van der Waals surface area contributed by atoms with Gasteiger partial charge in [0.15, 0.2) is 0 Å². The molecule has 0 aromatic heterocycles. The maximum atomic E-state index is 11.8. The highest BCUT2D eigenvalue weighted by Gasteiger charge is 2.21. The predicted molar refractivity (Wildman–Crippen MR) is 81.7 cm³/mol. The van der Waals surface area contributed by atoms with Crippen molar-refractivity contribution in [2.24, 2.45) is 11.8 Å². The van der Waals surface area contributed by atoms with Crippen LogP contribution in [0.15, 0.2) is 0 Å². The Kier molecular flexibility index (Phi) is 7.30.